The smallest absolute Gasteiger partial charge is 1.00 e. The normalized spacial score (nSPS) is 10.8. The van der Waals surface area contributed by atoms with Crippen LogP contribution in [0.1, 0.15) is 9.27 Å². The van der Waals surface area contributed by atoms with E-state index in [1.807, 2.05) is 0 Å². The second-order valence-electron chi connectivity index (χ2n) is 2.00. The van der Waals surface area contributed by atoms with Crippen molar-refractivity contribution in [1.29, 1.82) is 0 Å². The van der Waals surface area contributed by atoms with Crippen molar-refractivity contribution < 1.29 is 27.4 Å². The maximum Gasteiger partial charge on any atom is 2.00 e. The zero-order valence-electron chi connectivity index (χ0n) is 8.69. The third-order valence-electron chi connectivity index (χ3n) is 0.993. The molecule has 13 heavy (non-hydrogen) atoms. The zero-order valence-corrected chi connectivity index (χ0v) is 8.90. The van der Waals surface area contributed by atoms with Gasteiger partial charge in [-0.3, -0.25) is 4.79 Å². The number of hydrogen-bond acceptors (Lipinski definition) is 3. The number of primary amides is 1. The predicted octanol–water partition coefficient (Wildman–Crippen LogP) is -1.57. The Hall–Kier alpha value is -0.530. The van der Waals surface area contributed by atoms with E-state index in [9.17, 15) is 14.4 Å². The van der Waals surface area contributed by atoms with Gasteiger partial charge in [0.1, 0.15) is 6.04 Å². The van der Waals surface area contributed by atoms with Crippen molar-refractivity contribution in [3.63, 3.8) is 0 Å². The van der Waals surface area contributed by atoms with Crippen LogP contribution in [0.4, 0.5) is 4.79 Å². The number of hydrogen-bond donors (Lipinski definition) is 4. The molecule has 0 aromatic carbocycles. The first-order valence-corrected chi connectivity index (χ1v) is 2.94. The van der Waals surface area contributed by atoms with E-state index in [1.165, 1.54) is 0 Å². The Morgan fingerprint density at radius 2 is 1.85 bits per heavy atom. The standard InChI is InChI=1S/C5H8N2O5.Ca.2H/c6-5(12)7-2(4(10)11)1-3(8)9;;;/h2H,1H2,(H,8,9)(H,10,11)(H3,6,7,12);;;/q;+2;2*-1/t2-;;;/m0.../s1. The zero-order chi connectivity index (χ0) is 9.72. The van der Waals surface area contributed by atoms with Crippen LogP contribution in [0.25, 0.3) is 0 Å². The van der Waals surface area contributed by atoms with Crippen LogP contribution in [0.5, 0.6) is 0 Å². The molecule has 7 nitrogen and oxygen atoms in total. The minimum Gasteiger partial charge on any atom is -1.00 e. The van der Waals surface area contributed by atoms with E-state index in [-0.39, 0.29) is 40.6 Å². The van der Waals surface area contributed by atoms with Gasteiger partial charge in [-0.2, -0.15) is 0 Å². The van der Waals surface area contributed by atoms with E-state index in [4.69, 9.17) is 10.2 Å². The number of rotatable bonds is 4. The fraction of sp³-hybridized carbons (Fsp3) is 0.400. The van der Waals surface area contributed by atoms with Crippen molar-refractivity contribution in [2.75, 3.05) is 0 Å². The van der Waals surface area contributed by atoms with Gasteiger partial charge in [0.25, 0.3) is 0 Å². The Kier molecular flexibility index (Phi) is 7.98. The quantitative estimate of drug-likeness (QED) is 0.423. The van der Waals surface area contributed by atoms with Gasteiger partial charge < -0.3 is 24.1 Å². The molecule has 0 radical (unpaired) electrons. The summed E-state index contributed by atoms with van der Waals surface area (Å²) < 4.78 is 0. The second kappa shape index (κ2) is 6.93. The summed E-state index contributed by atoms with van der Waals surface area (Å²) >= 11 is 0. The van der Waals surface area contributed by atoms with Crippen LogP contribution in [0, 0.1) is 0 Å². The maximum absolute atomic E-state index is 10.2. The number of amides is 2. The number of carboxylic acids is 2. The van der Waals surface area contributed by atoms with Crippen molar-refractivity contribution in [3.8, 4) is 0 Å². The Balaban J connectivity index is -0.000000202. The molecule has 8 heteroatoms. The molecule has 0 aromatic heterocycles. The molecule has 0 unspecified atom stereocenters. The number of carbonyl (C=O) groups is 3. The van der Waals surface area contributed by atoms with Crippen molar-refractivity contribution in [1.82, 2.24) is 5.32 Å². The molecule has 72 valence electrons. The monoisotopic (exact) mass is 218 g/mol. The molecule has 0 spiro atoms. The number of carboxylic acid groups (broad SMARTS) is 2. The van der Waals surface area contributed by atoms with Crippen molar-refractivity contribution in [3.05, 3.63) is 0 Å². The Morgan fingerprint density at radius 3 is 2.08 bits per heavy atom. The van der Waals surface area contributed by atoms with Gasteiger partial charge in [-0.1, -0.05) is 0 Å². The molecule has 0 bridgehead atoms. The number of aliphatic carboxylic acids is 2. The van der Waals surface area contributed by atoms with Gasteiger partial charge in [0.05, 0.1) is 6.42 Å². The summed E-state index contributed by atoms with van der Waals surface area (Å²) in [7, 11) is 0. The molecule has 0 heterocycles. The molecule has 0 saturated heterocycles. The fourth-order valence-electron chi connectivity index (χ4n) is 0.546. The molecule has 0 aliphatic carbocycles. The number of urea groups is 1. The topological polar surface area (TPSA) is 130 Å². The van der Waals surface area contributed by atoms with Crippen LogP contribution in [0.3, 0.4) is 0 Å². The molecule has 0 saturated carbocycles. The third kappa shape index (κ3) is 7.82. The number of nitrogens with one attached hydrogen (secondary N) is 1. The van der Waals surface area contributed by atoms with Gasteiger partial charge in [-0.25, -0.2) is 9.59 Å². The fourth-order valence-corrected chi connectivity index (χ4v) is 0.546. The largest absolute Gasteiger partial charge is 2.00 e. The van der Waals surface area contributed by atoms with Crippen LogP contribution < -0.4 is 11.1 Å². The summed E-state index contributed by atoms with van der Waals surface area (Å²) in [4.78, 5) is 30.4. The second-order valence-corrected chi connectivity index (χ2v) is 2.00. The molecule has 0 aliphatic heterocycles. The Labute approximate surface area is 106 Å². The minimum atomic E-state index is -1.47. The van der Waals surface area contributed by atoms with E-state index in [0.29, 0.717) is 0 Å². The van der Waals surface area contributed by atoms with Crippen molar-refractivity contribution >= 4 is 55.7 Å². The molecule has 1 atom stereocenters. The molecule has 0 rings (SSSR count). The Morgan fingerprint density at radius 1 is 1.38 bits per heavy atom. The average molecular weight is 218 g/mol. The van der Waals surface area contributed by atoms with E-state index in [0.717, 1.165) is 0 Å². The van der Waals surface area contributed by atoms with E-state index in [1.54, 1.807) is 5.32 Å². The molecule has 0 aromatic rings. The van der Waals surface area contributed by atoms with Crippen LogP contribution in [0.2, 0.25) is 0 Å². The molecule has 2 amide bonds. The van der Waals surface area contributed by atoms with E-state index in [2.05, 4.69) is 5.73 Å². The summed E-state index contributed by atoms with van der Waals surface area (Å²) in [6.45, 7) is 0. The predicted molar refractivity (Wildman–Crippen MR) is 44.4 cm³/mol. The number of nitrogens with two attached hydrogens (primary N) is 1. The van der Waals surface area contributed by atoms with Gasteiger partial charge >= 0.3 is 55.7 Å². The molecule has 0 fully saturated rings. The van der Waals surface area contributed by atoms with Crippen LogP contribution in [-0.2, 0) is 9.59 Å². The molecule has 0 aliphatic rings. The summed E-state index contributed by atoms with van der Waals surface area (Å²) in [5.41, 5.74) is 4.60. The van der Waals surface area contributed by atoms with Gasteiger partial charge in [0.2, 0.25) is 0 Å². The van der Waals surface area contributed by atoms with E-state index < -0.39 is 30.4 Å². The summed E-state index contributed by atoms with van der Waals surface area (Å²) in [6, 6.07) is -2.54. The van der Waals surface area contributed by atoms with Gasteiger partial charge in [-0.15, -0.1) is 0 Å². The maximum atomic E-state index is 10.2. The Bertz CT molecular complexity index is 211. The first-order valence-electron chi connectivity index (χ1n) is 2.94. The van der Waals surface area contributed by atoms with Crippen LogP contribution in [0.15, 0.2) is 0 Å². The molecular weight excluding hydrogens is 208 g/mol. The first kappa shape index (κ1) is 15.0. The SMILES string of the molecule is NC(=O)N[C@@H](CC(=O)O)C(=O)O.[Ca+2].[H-].[H-]. The van der Waals surface area contributed by atoms with Crippen LogP contribution >= 0.6 is 0 Å². The third-order valence-corrected chi connectivity index (χ3v) is 0.993. The van der Waals surface area contributed by atoms with Crippen molar-refractivity contribution in [2.45, 2.75) is 12.5 Å². The van der Waals surface area contributed by atoms with Gasteiger partial charge in [0, 0.05) is 0 Å². The molecule has 5 N–H and O–H groups in total. The van der Waals surface area contributed by atoms with Gasteiger partial charge in [0.15, 0.2) is 0 Å². The van der Waals surface area contributed by atoms with E-state index >= 15 is 0 Å². The van der Waals surface area contributed by atoms with Gasteiger partial charge in [-0.05, 0) is 0 Å². The molecular formula is C5H10CaN2O5. The summed E-state index contributed by atoms with van der Waals surface area (Å²) in [6.07, 6.45) is -0.696. The minimum absolute atomic E-state index is 0. The average Bonchev–Trinajstić information content (AvgIpc) is 1.83. The van der Waals surface area contributed by atoms with Crippen molar-refractivity contribution in [2.24, 2.45) is 5.73 Å². The summed E-state index contributed by atoms with van der Waals surface area (Å²) in [5.74, 6) is -2.76. The van der Waals surface area contributed by atoms with Crippen LogP contribution in [-0.4, -0.2) is 72.0 Å². The summed E-state index contributed by atoms with van der Waals surface area (Å²) in [5, 5.41) is 18.3. The first-order chi connectivity index (χ1) is 5.43. The number of carbonyl (C=O) groups excluding carboxylic acids is 1.